The Kier molecular flexibility index (Phi) is 3.59. The second-order valence-electron chi connectivity index (χ2n) is 5.05. The number of hydrogen-bond donors (Lipinski definition) is 1. The highest BCUT2D eigenvalue weighted by Gasteiger charge is 2.30. The maximum atomic E-state index is 13.9. The van der Waals surface area contributed by atoms with Crippen molar-refractivity contribution in [3.63, 3.8) is 0 Å². The van der Waals surface area contributed by atoms with E-state index in [0.29, 0.717) is 17.1 Å². The molecule has 1 aliphatic rings. The Morgan fingerprint density at radius 3 is 2.86 bits per heavy atom. The summed E-state index contributed by atoms with van der Waals surface area (Å²) in [5.41, 5.74) is 1.08. The van der Waals surface area contributed by atoms with E-state index in [2.05, 4.69) is 9.97 Å². The van der Waals surface area contributed by atoms with Crippen molar-refractivity contribution in [1.82, 2.24) is 9.97 Å². The summed E-state index contributed by atoms with van der Waals surface area (Å²) in [4.78, 5) is 19.5. The molecule has 1 aliphatic carbocycles. The normalized spacial score (nSPS) is 14.2. The smallest absolute Gasteiger partial charge is 0.339 e. The SMILES string of the molecule is O=C(O)c1cnc(Cc2cccc(Cl)c2F)nc1C1CC1. The molecule has 0 aliphatic heterocycles. The van der Waals surface area contributed by atoms with E-state index in [9.17, 15) is 9.18 Å². The number of carboxylic acids is 1. The number of carboxylic acid groups (broad SMARTS) is 1. The van der Waals surface area contributed by atoms with Gasteiger partial charge in [-0.2, -0.15) is 0 Å². The van der Waals surface area contributed by atoms with Crippen LogP contribution in [0.1, 0.15) is 46.2 Å². The lowest BCUT2D eigenvalue weighted by Crippen LogP contribution is -2.09. The number of aromatic nitrogens is 2. The van der Waals surface area contributed by atoms with Crippen LogP contribution in [0.4, 0.5) is 4.39 Å². The third-order valence-electron chi connectivity index (χ3n) is 3.44. The minimum Gasteiger partial charge on any atom is -0.478 e. The van der Waals surface area contributed by atoms with E-state index in [0.717, 1.165) is 12.8 Å². The number of rotatable bonds is 4. The Labute approximate surface area is 125 Å². The molecule has 0 saturated heterocycles. The summed E-state index contributed by atoms with van der Waals surface area (Å²) >= 11 is 5.75. The zero-order chi connectivity index (χ0) is 15.0. The van der Waals surface area contributed by atoms with Gasteiger partial charge in [0.2, 0.25) is 0 Å². The highest BCUT2D eigenvalue weighted by Crippen LogP contribution is 2.40. The molecule has 108 valence electrons. The fraction of sp³-hybridized carbons (Fsp3) is 0.267. The number of aromatic carboxylic acids is 1. The van der Waals surface area contributed by atoms with Gasteiger partial charge >= 0.3 is 5.97 Å². The highest BCUT2D eigenvalue weighted by molar-refractivity contribution is 6.30. The predicted molar refractivity (Wildman–Crippen MR) is 75.2 cm³/mol. The maximum Gasteiger partial charge on any atom is 0.339 e. The number of nitrogens with zero attached hydrogens (tertiary/aromatic N) is 2. The van der Waals surface area contributed by atoms with E-state index in [1.54, 1.807) is 12.1 Å². The zero-order valence-corrected chi connectivity index (χ0v) is 11.8. The van der Waals surface area contributed by atoms with Crippen molar-refractivity contribution in [2.24, 2.45) is 0 Å². The quantitative estimate of drug-likeness (QED) is 0.940. The van der Waals surface area contributed by atoms with E-state index in [1.807, 2.05) is 0 Å². The Bertz CT molecular complexity index is 717. The molecule has 0 spiro atoms. The van der Waals surface area contributed by atoms with Crippen LogP contribution < -0.4 is 0 Å². The van der Waals surface area contributed by atoms with Crippen molar-refractivity contribution in [3.05, 3.63) is 57.9 Å². The predicted octanol–water partition coefficient (Wildman–Crippen LogP) is 3.44. The second-order valence-corrected chi connectivity index (χ2v) is 5.46. The first-order valence-corrected chi connectivity index (χ1v) is 6.96. The molecule has 1 N–H and O–H groups in total. The maximum absolute atomic E-state index is 13.9. The second kappa shape index (κ2) is 5.41. The third-order valence-corrected chi connectivity index (χ3v) is 3.73. The number of halogens is 2. The molecule has 0 unspecified atom stereocenters. The van der Waals surface area contributed by atoms with Gasteiger partial charge in [-0.05, 0) is 24.5 Å². The lowest BCUT2D eigenvalue weighted by atomic mass is 10.1. The third kappa shape index (κ3) is 2.88. The fourth-order valence-corrected chi connectivity index (χ4v) is 2.40. The first-order chi connectivity index (χ1) is 10.1. The molecule has 3 rings (SSSR count). The Balaban J connectivity index is 1.94. The van der Waals surface area contributed by atoms with Gasteiger partial charge in [0.25, 0.3) is 0 Å². The lowest BCUT2D eigenvalue weighted by molar-refractivity contribution is 0.0694. The van der Waals surface area contributed by atoms with Gasteiger partial charge in [0, 0.05) is 18.5 Å². The summed E-state index contributed by atoms with van der Waals surface area (Å²) in [6.07, 6.45) is 3.36. The summed E-state index contributed by atoms with van der Waals surface area (Å²) in [6, 6.07) is 4.76. The molecule has 0 bridgehead atoms. The van der Waals surface area contributed by atoms with Crippen LogP contribution >= 0.6 is 11.6 Å². The first-order valence-electron chi connectivity index (χ1n) is 6.58. The molecule has 1 fully saturated rings. The van der Waals surface area contributed by atoms with Gasteiger partial charge < -0.3 is 5.11 Å². The van der Waals surface area contributed by atoms with Gasteiger partial charge in [-0.15, -0.1) is 0 Å². The van der Waals surface area contributed by atoms with E-state index in [1.165, 1.54) is 12.3 Å². The molecular weight excluding hydrogens is 295 g/mol. The molecule has 21 heavy (non-hydrogen) atoms. The molecule has 0 atom stereocenters. The van der Waals surface area contributed by atoms with Gasteiger partial charge in [0.05, 0.1) is 16.3 Å². The number of hydrogen-bond acceptors (Lipinski definition) is 3. The first kappa shape index (κ1) is 13.9. The monoisotopic (exact) mass is 306 g/mol. The largest absolute Gasteiger partial charge is 0.478 e. The van der Waals surface area contributed by atoms with Gasteiger partial charge in [0.15, 0.2) is 0 Å². The Hall–Kier alpha value is -2.01. The summed E-state index contributed by atoms with van der Waals surface area (Å²) in [6.45, 7) is 0. The van der Waals surface area contributed by atoms with Gasteiger partial charge in [-0.3, -0.25) is 0 Å². The van der Waals surface area contributed by atoms with Crippen LogP contribution in [0.5, 0.6) is 0 Å². The molecule has 4 nitrogen and oxygen atoms in total. The Morgan fingerprint density at radius 2 is 2.19 bits per heavy atom. The average molecular weight is 307 g/mol. The van der Waals surface area contributed by atoms with E-state index >= 15 is 0 Å². The minimum absolute atomic E-state index is 0.0528. The average Bonchev–Trinajstić information content (AvgIpc) is 3.28. The molecule has 1 aromatic carbocycles. The van der Waals surface area contributed by atoms with Crippen LogP contribution in [0.25, 0.3) is 0 Å². The molecule has 0 radical (unpaired) electrons. The van der Waals surface area contributed by atoms with Crippen molar-refractivity contribution >= 4 is 17.6 Å². The van der Waals surface area contributed by atoms with Crippen LogP contribution in [0.2, 0.25) is 5.02 Å². The highest BCUT2D eigenvalue weighted by atomic mass is 35.5. The van der Waals surface area contributed by atoms with Crippen LogP contribution in [0.3, 0.4) is 0 Å². The van der Waals surface area contributed by atoms with Crippen LogP contribution in [0, 0.1) is 5.82 Å². The standard InChI is InChI=1S/C15H12ClFN2O2/c16-11-3-1-2-9(13(11)17)6-12-18-7-10(15(20)21)14(19-12)8-4-5-8/h1-3,7-8H,4-6H2,(H,20,21). The van der Waals surface area contributed by atoms with Crippen LogP contribution in [-0.4, -0.2) is 21.0 Å². The summed E-state index contributed by atoms with van der Waals surface area (Å²) in [5.74, 6) is -0.930. The van der Waals surface area contributed by atoms with Gasteiger partial charge in [0.1, 0.15) is 11.6 Å². The van der Waals surface area contributed by atoms with Crippen molar-refractivity contribution in [1.29, 1.82) is 0 Å². The summed E-state index contributed by atoms with van der Waals surface area (Å²) in [7, 11) is 0. The van der Waals surface area contributed by atoms with E-state index in [4.69, 9.17) is 16.7 Å². The van der Waals surface area contributed by atoms with Crippen LogP contribution in [0.15, 0.2) is 24.4 Å². The molecular formula is C15H12ClFN2O2. The van der Waals surface area contributed by atoms with E-state index in [-0.39, 0.29) is 22.9 Å². The fourth-order valence-electron chi connectivity index (χ4n) is 2.21. The van der Waals surface area contributed by atoms with Crippen LogP contribution in [-0.2, 0) is 6.42 Å². The van der Waals surface area contributed by atoms with Crippen molar-refractivity contribution in [2.45, 2.75) is 25.2 Å². The number of benzene rings is 1. The summed E-state index contributed by atoms with van der Waals surface area (Å²) < 4.78 is 13.9. The summed E-state index contributed by atoms with van der Waals surface area (Å²) in [5, 5.41) is 9.20. The molecule has 6 heteroatoms. The topological polar surface area (TPSA) is 63.1 Å². The number of carbonyl (C=O) groups is 1. The van der Waals surface area contributed by atoms with Gasteiger partial charge in [-0.25, -0.2) is 19.2 Å². The van der Waals surface area contributed by atoms with Crippen molar-refractivity contribution in [2.75, 3.05) is 0 Å². The molecule has 2 aromatic rings. The molecule has 0 amide bonds. The molecule has 1 heterocycles. The minimum atomic E-state index is -1.03. The van der Waals surface area contributed by atoms with Crippen molar-refractivity contribution in [3.8, 4) is 0 Å². The Morgan fingerprint density at radius 1 is 1.43 bits per heavy atom. The molecule has 1 saturated carbocycles. The molecule has 1 aromatic heterocycles. The lowest BCUT2D eigenvalue weighted by Gasteiger charge is -2.07. The van der Waals surface area contributed by atoms with Crippen molar-refractivity contribution < 1.29 is 14.3 Å². The van der Waals surface area contributed by atoms with E-state index < -0.39 is 11.8 Å². The van der Waals surface area contributed by atoms with Gasteiger partial charge in [-0.1, -0.05) is 23.7 Å². The zero-order valence-electron chi connectivity index (χ0n) is 11.0.